The molecule has 0 saturated heterocycles. The van der Waals surface area contributed by atoms with Crippen LogP contribution in [0.15, 0.2) is 35.6 Å². The van der Waals surface area contributed by atoms with E-state index in [1.807, 2.05) is 0 Å². The zero-order valence-corrected chi connectivity index (χ0v) is 12.8. The molecule has 0 spiro atoms. The topological polar surface area (TPSA) is 90.3 Å². The average Bonchev–Trinajstić information content (AvgIpc) is 2.84. The first-order chi connectivity index (χ1) is 9.81. The molecular weight excluding hydrogens is 318 g/mol. The molecule has 1 heterocycles. The van der Waals surface area contributed by atoms with Gasteiger partial charge in [0.2, 0.25) is 0 Å². The highest BCUT2D eigenvalue weighted by molar-refractivity contribution is 8.13. The van der Waals surface area contributed by atoms with Gasteiger partial charge in [0.15, 0.2) is 0 Å². The molecule has 0 aliphatic rings. The summed E-state index contributed by atoms with van der Waals surface area (Å²) in [6.07, 6.45) is 3.06. The van der Waals surface area contributed by atoms with Crippen LogP contribution in [0.2, 0.25) is 0 Å². The van der Waals surface area contributed by atoms with Gasteiger partial charge >= 0.3 is 0 Å². The van der Waals surface area contributed by atoms with Gasteiger partial charge in [0.1, 0.15) is 16.3 Å². The minimum Gasteiger partial charge on any atom is -0.495 e. The van der Waals surface area contributed by atoms with E-state index in [1.54, 1.807) is 17.8 Å². The highest BCUT2D eigenvalue weighted by Gasteiger charge is 2.18. The maximum Gasteiger partial charge on any atom is 0.275 e. The summed E-state index contributed by atoms with van der Waals surface area (Å²) in [5.41, 5.74) is 0.608. The fraction of sp³-hybridized carbons (Fsp3) is 0.167. The molecule has 0 bridgehead atoms. The average molecular weight is 330 g/mol. The third-order valence-corrected chi connectivity index (χ3v) is 3.98. The molecule has 9 heteroatoms. The molecule has 112 valence electrons. The smallest absolute Gasteiger partial charge is 0.275 e. The van der Waals surface area contributed by atoms with E-state index in [4.69, 9.17) is 15.4 Å². The predicted molar refractivity (Wildman–Crippen MR) is 77.2 cm³/mol. The third-order valence-electron chi connectivity index (χ3n) is 2.62. The highest BCUT2D eigenvalue weighted by atomic mass is 35.7. The van der Waals surface area contributed by atoms with Gasteiger partial charge in [-0.25, -0.2) is 13.4 Å². The van der Waals surface area contributed by atoms with Gasteiger partial charge in [0.05, 0.1) is 13.4 Å². The van der Waals surface area contributed by atoms with Crippen molar-refractivity contribution in [3.63, 3.8) is 0 Å². The summed E-state index contributed by atoms with van der Waals surface area (Å²) >= 11 is 0. The van der Waals surface area contributed by atoms with Crippen LogP contribution in [0.1, 0.15) is 10.5 Å². The van der Waals surface area contributed by atoms with Crippen LogP contribution in [-0.4, -0.2) is 31.0 Å². The van der Waals surface area contributed by atoms with Crippen molar-refractivity contribution in [2.24, 2.45) is 7.05 Å². The van der Waals surface area contributed by atoms with Crippen molar-refractivity contribution in [1.29, 1.82) is 0 Å². The van der Waals surface area contributed by atoms with Crippen molar-refractivity contribution < 1.29 is 17.9 Å². The third kappa shape index (κ3) is 3.53. The summed E-state index contributed by atoms with van der Waals surface area (Å²) in [5.74, 6) is -0.372. The standard InChI is InChI=1S/C12H12ClN3O4S/c1-16-6-9(14-7-16)12(17)15-8-3-4-11(21(13,18)19)10(5-8)20-2/h3-7H,1-2H3,(H,15,17). The molecule has 0 radical (unpaired) electrons. The van der Waals surface area contributed by atoms with E-state index >= 15 is 0 Å². The lowest BCUT2D eigenvalue weighted by Crippen LogP contribution is -2.12. The number of aromatic nitrogens is 2. The number of nitrogens with one attached hydrogen (secondary N) is 1. The maximum absolute atomic E-state index is 11.9. The lowest BCUT2D eigenvalue weighted by atomic mass is 10.3. The number of methoxy groups -OCH3 is 1. The second kappa shape index (κ2) is 5.74. The van der Waals surface area contributed by atoms with Crippen LogP contribution in [-0.2, 0) is 16.1 Å². The Labute approximate surface area is 125 Å². The number of imidazole rings is 1. The maximum atomic E-state index is 11.9. The first-order valence-electron chi connectivity index (χ1n) is 5.73. The van der Waals surface area contributed by atoms with E-state index in [0.717, 1.165) is 0 Å². The van der Waals surface area contributed by atoms with Crippen LogP contribution in [0.4, 0.5) is 5.69 Å². The Bertz CT molecular complexity index is 786. The Hall–Kier alpha value is -2.06. The number of benzene rings is 1. The monoisotopic (exact) mass is 329 g/mol. The van der Waals surface area contributed by atoms with Gasteiger partial charge in [-0.2, -0.15) is 0 Å². The fourth-order valence-electron chi connectivity index (χ4n) is 1.67. The van der Waals surface area contributed by atoms with Crippen molar-refractivity contribution in [2.75, 3.05) is 12.4 Å². The molecule has 2 aromatic rings. The number of anilines is 1. The van der Waals surface area contributed by atoms with E-state index in [2.05, 4.69) is 10.3 Å². The van der Waals surface area contributed by atoms with Crippen molar-refractivity contribution in [1.82, 2.24) is 9.55 Å². The van der Waals surface area contributed by atoms with Gasteiger partial charge in [0, 0.05) is 35.7 Å². The van der Waals surface area contributed by atoms with E-state index in [-0.39, 0.29) is 16.3 Å². The minimum absolute atomic E-state index is 0.0452. The number of nitrogens with zero attached hydrogens (tertiary/aromatic N) is 2. The second-order valence-corrected chi connectivity index (χ2v) is 6.72. The van der Waals surface area contributed by atoms with Crippen molar-refractivity contribution in [3.05, 3.63) is 36.4 Å². The molecule has 1 amide bonds. The summed E-state index contributed by atoms with van der Waals surface area (Å²) in [4.78, 5) is 15.7. The number of hydrogen-bond donors (Lipinski definition) is 1. The van der Waals surface area contributed by atoms with E-state index in [0.29, 0.717) is 5.69 Å². The Balaban J connectivity index is 2.28. The molecule has 0 unspecified atom stereocenters. The number of aryl methyl sites for hydroxylation is 1. The van der Waals surface area contributed by atoms with Crippen LogP contribution in [0, 0.1) is 0 Å². The van der Waals surface area contributed by atoms with Crippen LogP contribution < -0.4 is 10.1 Å². The molecule has 0 saturated carbocycles. The molecule has 7 nitrogen and oxygen atoms in total. The van der Waals surface area contributed by atoms with E-state index in [9.17, 15) is 13.2 Å². The van der Waals surface area contributed by atoms with Gasteiger partial charge in [-0.05, 0) is 12.1 Å². The van der Waals surface area contributed by atoms with Crippen molar-refractivity contribution in [3.8, 4) is 5.75 Å². The van der Waals surface area contributed by atoms with Gasteiger partial charge < -0.3 is 14.6 Å². The van der Waals surface area contributed by atoms with E-state index < -0.39 is 15.0 Å². The van der Waals surface area contributed by atoms with E-state index in [1.165, 1.54) is 31.6 Å². The number of halogens is 1. The van der Waals surface area contributed by atoms with Crippen LogP contribution >= 0.6 is 10.7 Å². The number of carbonyl (C=O) groups is 1. The summed E-state index contributed by atoms with van der Waals surface area (Å²) in [7, 11) is 4.42. The Morgan fingerprint density at radius 2 is 2.14 bits per heavy atom. The number of carbonyl (C=O) groups excluding carboxylic acids is 1. The molecule has 1 N–H and O–H groups in total. The Kier molecular flexibility index (Phi) is 4.19. The fourth-order valence-corrected chi connectivity index (χ4v) is 2.67. The summed E-state index contributed by atoms with van der Waals surface area (Å²) < 4.78 is 29.3. The van der Waals surface area contributed by atoms with Crippen LogP contribution in [0.25, 0.3) is 0 Å². The molecule has 0 aliphatic heterocycles. The number of amides is 1. The normalized spacial score (nSPS) is 11.2. The van der Waals surface area contributed by atoms with Gasteiger partial charge in [-0.3, -0.25) is 4.79 Å². The number of rotatable bonds is 4. The molecule has 0 aliphatic carbocycles. The molecule has 1 aromatic carbocycles. The predicted octanol–water partition coefficient (Wildman–Crippen LogP) is 1.61. The first-order valence-corrected chi connectivity index (χ1v) is 8.04. The minimum atomic E-state index is -3.92. The molecule has 1 aromatic heterocycles. The Morgan fingerprint density at radius 3 is 2.67 bits per heavy atom. The molecule has 21 heavy (non-hydrogen) atoms. The van der Waals surface area contributed by atoms with Crippen molar-refractivity contribution in [2.45, 2.75) is 4.90 Å². The van der Waals surface area contributed by atoms with Gasteiger partial charge in [-0.15, -0.1) is 0 Å². The number of ether oxygens (including phenoxy) is 1. The highest BCUT2D eigenvalue weighted by Crippen LogP contribution is 2.29. The quantitative estimate of drug-likeness (QED) is 0.861. The lowest BCUT2D eigenvalue weighted by Gasteiger charge is -2.09. The molecule has 0 atom stereocenters. The SMILES string of the molecule is COc1cc(NC(=O)c2cn(C)cn2)ccc1S(=O)(=O)Cl. The van der Waals surface area contributed by atoms with Crippen molar-refractivity contribution >= 4 is 31.3 Å². The van der Waals surface area contributed by atoms with Crippen LogP contribution in [0.5, 0.6) is 5.75 Å². The zero-order chi connectivity index (χ0) is 15.6. The largest absolute Gasteiger partial charge is 0.495 e. The zero-order valence-electron chi connectivity index (χ0n) is 11.2. The summed E-state index contributed by atoms with van der Waals surface area (Å²) in [6.45, 7) is 0. The van der Waals surface area contributed by atoms with Crippen LogP contribution in [0.3, 0.4) is 0 Å². The molecular formula is C12H12ClN3O4S. The second-order valence-electron chi connectivity index (χ2n) is 4.18. The first kappa shape index (κ1) is 15.3. The lowest BCUT2D eigenvalue weighted by molar-refractivity contribution is 0.102. The molecule has 0 fully saturated rings. The summed E-state index contributed by atoms with van der Waals surface area (Å²) in [5, 5.41) is 2.59. The molecule has 2 rings (SSSR count). The van der Waals surface area contributed by atoms with Gasteiger partial charge in [-0.1, -0.05) is 0 Å². The van der Waals surface area contributed by atoms with Gasteiger partial charge in [0.25, 0.3) is 15.0 Å². The summed E-state index contributed by atoms with van der Waals surface area (Å²) in [6, 6.07) is 4.05. The Morgan fingerprint density at radius 1 is 1.43 bits per heavy atom. The number of hydrogen-bond acceptors (Lipinski definition) is 5.